The van der Waals surface area contributed by atoms with E-state index in [9.17, 15) is 0 Å². The predicted molar refractivity (Wildman–Crippen MR) is 80.0 cm³/mol. The van der Waals surface area contributed by atoms with Gasteiger partial charge < -0.3 is 15.0 Å². The molecule has 0 aliphatic carbocycles. The van der Waals surface area contributed by atoms with E-state index in [2.05, 4.69) is 37.6 Å². The molecule has 3 rings (SSSR count). The minimum absolute atomic E-state index is 0.258. The highest BCUT2D eigenvalue weighted by Crippen LogP contribution is 2.33. The fourth-order valence-corrected chi connectivity index (χ4v) is 3.49. The number of hydrazine groups is 1. The summed E-state index contributed by atoms with van der Waals surface area (Å²) in [4.78, 5) is 15.0. The number of nitrogens with zero attached hydrogens (tertiary/aromatic N) is 4. The molecule has 0 saturated carbocycles. The van der Waals surface area contributed by atoms with Crippen molar-refractivity contribution in [3.05, 3.63) is 0 Å². The average molecular weight is 293 g/mol. The van der Waals surface area contributed by atoms with Gasteiger partial charge in [-0.05, 0) is 32.7 Å². The molecule has 0 amide bonds. The van der Waals surface area contributed by atoms with E-state index in [0.717, 1.165) is 12.8 Å². The zero-order valence-corrected chi connectivity index (χ0v) is 12.5. The van der Waals surface area contributed by atoms with Crippen molar-refractivity contribution in [2.24, 2.45) is 5.84 Å². The second-order valence-corrected chi connectivity index (χ2v) is 5.83. The summed E-state index contributed by atoms with van der Waals surface area (Å²) < 4.78 is 5.07. The number of hydrogen-bond donors (Lipinski definition) is 3. The molecule has 2 aliphatic heterocycles. The minimum Gasteiger partial charge on any atom is -0.467 e. The molecule has 3 heterocycles. The van der Waals surface area contributed by atoms with Crippen molar-refractivity contribution in [1.82, 2.24) is 19.9 Å². The lowest BCUT2D eigenvalue weighted by Crippen LogP contribution is -2.52. The van der Waals surface area contributed by atoms with Gasteiger partial charge in [0.15, 0.2) is 0 Å². The lowest BCUT2D eigenvalue weighted by atomic mass is 9.82. The number of aromatic nitrogens is 3. The molecule has 2 aliphatic rings. The Morgan fingerprint density at radius 3 is 2.43 bits per heavy atom. The van der Waals surface area contributed by atoms with Crippen LogP contribution in [0.15, 0.2) is 0 Å². The van der Waals surface area contributed by atoms with E-state index in [0.29, 0.717) is 30.0 Å². The maximum Gasteiger partial charge on any atom is 0.322 e. The Balaban J connectivity index is 1.72. The van der Waals surface area contributed by atoms with E-state index >= 15 is 0 Å². The van der Waals surface area contributed by atoms with Gasteiger partial charge in [0.2, 0.25) is 11.9 Å². The van der Waals surface area contributed by atoms with Crippen LogP contribution in [-0.4, -0.2) is 52.1 Å². The van der Waals surface area contributed by atoms with Gasteiger partial charge >= 0.3 is 6.01 Å². The third-order valence-corrected chi connectivity index (χ3v) is 4.60. The summed E-state index contributed by atoms with van der Waals surface area (Å²) in [6, 6.07) is 1.96. The quantitative estimate of drug-likeness (QED) is 0.548. The molecule has 1 aromatic rings. The van der Waals surface area contributed by atoms with Crippen LogP contribution in [0.1, 0.15) is 32.1 Å². The molecule has 2 bridgehead atoms. The lowest BCUT2D eigenvalue weighted by Gasteiger charge is -2.47. The number of anilines is 2. The van der Waals surface area contributed by atoms with Crippen molar-refractivity contribution >= 4 is 11.9 Å². The Morgan fingerprint density at radius 1 is 1.14 bits per heavy atom. The normalized spacial score (nSPS) is 29.0. The van der Waals surface area contributed by atoms with Crippen LogP contribution in [-0.2, 0) is 0 Å². The van der Waals surface area contributed by atoms with Crippen LogP contribution in [0.5, 0.6) is 6.01 Å². The average Bonchev–Trinajstić information content (AvgIpc) is 2.48. The third-order valence-electron chi connectivity index (χ3n) is 4.60. The maximum absolute atomic E-state index is 5.38. The van der Waals surface area contributed by atoms with Gasteiger partial charge in [-0.15, -0.1) is 0 Å². The van der Waals surface area contributed by atoms with Crippen LogP contribution in [0.4, 0.5) is 11.9 Å². The number of ether oxygens (including phenoxy) is 1. The first kappa shape index (κ1) is 14.3. The number of fused-ring (bicyclic) bond motifs is 2. The number of rotatable bonds is 4. The minimum atomic E-state index is 0.258. The van der Waals surface area contributed by atoms with Crippen LogP contribution in [0, 0.1) is 0 Å². The maximum atomic E-state index is 5.38. The molecule has 1 aromatic heterocycles. The topological polar surface area (TPSA) is 101 Å². The number of methoxy groups -OCH3 is 1. The van der Waals surface area contributed by atoms with Gasteiger partial charge in [0.1, 0.15) is 0 Å². The van der Waals surface area contributed by atoms with Crippen molar-refractivity contribution in [3.8, 4) is 6.01 Å². The molecule has 21 heavy (non-hydrogen) atoms. The fraction of sp³-hybridized carbons (Fsp3) is 0.769. The fourth-order valence-electron chi connectivity index (χ4n) is 3.49. The van der Waals surface area contributed by atoms with Gasteiger partial charge in [-0.3, -0.25) is 5.43 Å². The second-order valence-electron chi connectivity index (χ2n) is 5.83. The van der Waals surface area contributed by atoms with Crippen molar-refractivity contribution in [2.45, 2.75) is 50.2 Å². The van der Waals surface area contributed by atoms with E-state index in [-0.39, 0.29) is 6.01 Å². The highest BCUT2D eigenvalue weighted by atomic mass is 16.5. The number of nitrogens with one attached hydrogen (secondary N) is 2. The first-order valence-electron chi connectivity index (χ1n) is 7.44. The Labute approximate surface area is 124 Å². The van der Waals surface area contributed by atoms with E-state index in [1.807, 2.05) is 0 Å². The van der Waals surface area contributed by atoms with Crippen molar-refractivity contribution in [3.63, 3.8) is 0 Å². The summed E-state index contributed by atoms with van der Waals surface area (Å²) in [6.07, 6.45) is 6.13. The second kappa shape index (κ2) is 5.98. The SMILES string of the molecule is COc1nc(NN)nc(NC2CC3CCCC(C2)N3C)n1. The van der Waals surface area contributed by atoms with E-state index in [1.165, 1.54) is 26.4 Å². The van der Waals surface area contributed by atoms with Crippen LogP contribution in [0.25, 0.3) is 0 Å². The number of nitrogen functional groups attached to an aromatic ring is 1. The Kier molecular flexibility index (Phi) is 4.07. The number of nitrogens with two attached hydrogens (primary N) is 1. The molecule has 2 unspecified atom stereocenters. The van der Waals surface area contributed by atoms with Gasteiger partial charge in [-0.2, -0.15) is 15.0 Å². The van der Waals surface area contributed by atoms with Crippen molar-refractivity contribution in [2.75, 3.05) is 24.9 Å². The molecule has 0 spiro atoms. The van der Waals surface area contributed by atoms with E-state index < -0.39 is 0 Å². The van der Waals surface area contributed by atoms with Crippen LogP contribution >= 0.6 is 0 Å². The molecule has 0 aromatic carbocycles. The standard InChI is InChI=1S/C13H23N7O/c1-20-9-4-3-5-10(20)7-8(6-9)15-11-16-12(19-14)18-13(17-11)21-2/h8-10H,3-7,14H2,1-2H3,(H2,15,16,17,18,19). The van der Waals surface area contributed by atoms with Crippen LogP contribution in [0.3, 0.4) is 0 Å². The summed E-state index contributed by atoms with van der Waals surface area (Å²) in [5, 5.41) is 3.42. The molecule has 2 atom stereocenters. The lowest BCUT2D eigenvalue weighted by molar-refractivity contribution is 0.0607. The Hall–Kier alpha value is -1.67. The van der Waals surface area contributed by atoms with Gasteiger partial charge in [-0.25, -0.2) is 5.84 Å². The molecule has 4 N–H and O–H groups in total. The first-order chi connectivity index (χ1) is 10.2. The molecule has 116 valence electrons. The highest BCUT2D eigenvalue weighted by molar-refractivity contribution is 5.36. The monoisotopic (exact) mass is 293 g/mol. The van der Waals surface area contributed by atoms with Gasteiger partial charge in [-0.1, -0.05) is 6.42 Å². The largest absolute Gasteiger partial charge is 0.467 e. The van der Waals surface area contributed by atoms with Gasteiger partial charge in [0.25, 0.3) is 0 Å². The molecular weight excluding hydrogens is 270 g/mol. The van der Waals surface area contributed by atoms with E-state index in [1.54, 1.807) is 0 Å². The summed E-state index contributed by atoms with van der Waals surface area (Å²) in [7, 11) is 3.77. The van der Waals surface area contributed by atoms with Gasteiger partial charge in [0.05, 0.1) is 7.11 Å². The predicted octanol–water partition coefficient (Wildman–Crippen LogP) is 0.593. The molecule has 2 saturated heterocycles. The van der Waals surface area contributed by atoms with E-state index in [4.69, 9.17) is 10.6 Å². The number of piperidine rings is 2. The zero-order valence-electron chi connectivity index (χ0n) is 12.5. The smallest absolute Gasteiger partial charge is 0.322 e. The molecular formula is C13H23N7O. The Bertz CT molecular complexity index is 461. The summed E-state index contributed by atoms with van der Waals surface area (Å²) in [5.74, 6) is 6.20. The molecule has 2 fully saturated rings. The summed E-state index contributed by atoms with van der Waals surface area (Å²) in [6.45, 7) is 0. The Morgan fingerprint density at radius 2 is 1.81 bits per heavy atom. The highest BCUT2D eigenvalue weighted by Gasteiger charge is 2.36. The zero-order chi connectivity index (χ0) is 14.8. The summed E-state index contributed by atoms with van der Waals surface area (Å²) in [5.41, 5.74) is 2.44. The molecule has 8 nitrogen and oxygen atoms in total. The van der Waals surface area contributed by atoms with Gasteiger partial charge in [0, 0.05) is 18.1 Å². The summed E-state index contributed by atoms with van der Waals surface area (Å²) >= 11 is 0. The number of hydrogen-bond acceptors (Lipinski definition) is 8. The molecule has 8 heteroatoms. The van der Waals surface area contributed by atoms with Crippen molar-refractivity contribution in [1.29, 1.82) is 0 Å². The first-order valence-corrected chi connectivity index (χ1v) is 7.44. The third kappa shape index (κ3) is 3.01. The van der Waals surface area contributed by atoms with Crippen LogP contribution in [0.2, 0.25) is 0 Å². The van der Waals surface area contributed by atoms with Crippen molar-refractivity contribution < 1.29 is 4.74 Å². The molecule has 0 radical (unpaired) electrons. The van der Waals surface area contributed by atoms with Crippen LogP contribution < -0.4 is 21.3 Å².